The molecule has 0 saturated heterocycles. The van der Waals surface area contributed by atoms with Crippen molar-refractivity contribution in [2.45, 2.75) is 11.8 Å². The molecule has 0 aliphatic heterocycles. The zero-order valence-electron chi connectivity index (χ0n) is 14.3. The van der Waals surface area contributed by atoms with Gasteiger partial charge in [0, 0.05) is 29.0 Å². The van der Waals surface area contributed by atoms with Gasteiger partial charge in [0.2, 0.25) is 10.0 Å². The van der Waals surface area contributed by atoms with Crippen molar-refractivity contribution in [1.29, 1.82) is 0 Å². The van der Waals surface area contributed by atoms with E-state index in [0.717, 1.165) is 5.56 Å². The summed E-state index contributed by atoms with van der Waals surface area (Å²) in [5.41, 5.74) is 1.86. The molecule has 0 aliphatic carbocycles. The first kappa shape index (κ1) is 19.7. The summed E-state index contributed by atoms with van der Waals surface area (Å²) in [5.74, 6) is -0.429. The van der Waals surface area contributed by atoms with Gasteiger partial charge in [0.1, 0.15) is 5.69 Å². The van der Waals surface area contributed by atoms with Crippen LogP contribution in [0.15, 0.2) is 47.4 Å². The topological polar surface area (TPSA) is 91.1 Å². The second-order valence-corrected chi connectivity index (χ2v) is 8.55. The number of nitrogens with one attached hydrogen (secondary N) is 3. The van der Waals surface area contributed by atoms with Gasteiger partial charge in [0.25, 0.3) is 5.91 Å². The summed E-state index contributed by atoms with van der Waals surface area (Å²) in [5, 5.41) is 4.06. The number of aryl methyl sites for hydroxylation is 1. The lowest BCUT2D eigenvalue weighted by Gasteiger charge is -2.08. The third-order valence-corrected chi connectivity index (χ3v) is 6.06. The summed E-state index contributed by atoms with van der Waals surface area (Å²) < 4.78 is 26.8. The first-order chi connectivity index (χ1) is 12.8. The Morgan fingerprint density at radius 3 is 2.48 bits per heavy atom. The minimum absolute atomic E-state index is 0.0472. The van der Waals surface area contributed by atoms with Crippen molar-refractivity contribution in [2.24, 2.45) is 0 Å². The first-order valence-electron chi connectivity index (χ1n) is 8.09. The highest BCUT2D eigenvalue weighted by molar-refractivity contribution is 7.89. The van der Waals surface area contributed by atoms with Crippen molar-refractivity contribution >= 4 is 50.0 Å². The molecule has 0 fully saturated rings. The minimum Gasteiger partial charge on any atom is -0.349 e. The molecule has 0 saturated carbocycles. The van der Waals surface area contributed by atoms with Crippen molar-refractivity contribution in [3.8, 4) is 0 Å². The lowest BCUT2D eigenvalue weighted by atomic mass is 10.2. The maximum Gasteiger partial charge on any atom is 0.269 e. The quantitative estimate of drug-likeness (QED) is 0.527. The van der Waals surface area contributed by atoms with E-state index in [-0.39, 0.29) is 28.7 Å². The van der Waals surface area contributed by atoms with Crippen molar-refractivity contribution in [3.63, 3.8) is 0 Å². The average Bonchev–Trinajstić information content (AvgIpc) is 2.95. The SMILES string of the molecule is Cc1ccc(S(=O)(=O)NCCNC(=O)c2[nH]c3ccc(Cl)cc3c2Cl)cc1. The highest BCUT2D eigenvalue weighted by Crippen LogP contribution is 2.29. The number of hydrogen-bond donors (Lipinski definition) is 3. The zero-order valence-corrected chi connectivity index (χ0v) is 16.7. The Kier molecular flexibility index (Phi) is 5.76. The van der Waals surface area contributed by atoms with Crippen LogP contribution in [0.5, 0.6) is 0 Å². The fraction of sp³-hybridized carbons (Fsp3) is 0.167. The van der Waals surface area contributed by atoms with Crippen LogP contribution in [0, 0.1) is 6.92 Å². The molecule has 3 N–H and O–H groups in total. The predicted molar refractivity (Wildman–Crippen MR) is 107 cm³/mol. The van der Waals surface area contributed by atoms with Gasteiger partial charge in [-0.25, -0.2) is 13.1 Å². The van der Waals surface area contributed by atoms with Gasteiger partial charge in [0.05, 0.1) is 9.92 Å². The standard InChI is InChI=1S/C18H17Cl2N3O3S/c1-11-2-5-13(6-3-11)27(25,26)22-9-8-21-18(24)17-16(20)14-10-12(19)4-7-15(14)23-17/h2-7,10,22-23H,8-9H2,1H3,(H,21,24). The lowest BCUT2D eigenvalue weighted by molar-refractivity contribution is 0.0950. The van der Waals surface area contributed by atoms with Gasteiger partial charge < -0.3 is 10.3 Å². The Hall–Kier alpha value is -2.06. The predicted octanol–water partition coefficient (Wildman–Crippen LogP) is 3.49. The monoisotopic (exact) mass is 425 g/mol. The van der Waals surface area contributed by atoms with E-state index >= 15 is 0 Å². The molecule has 0 aliphatic rings. The van der Waals surface area contributed by atoms with E-state index < -0.39 is 15.9 Å². The molecule has 1 amide bonds. The third-order valence-electron chi connectivity index (χ3n) is 3.96. The van der Waals surface area contributed by atoms with Gasteiger partial charge in [0.15, 0.2) is 0 Å². The van der Waals surface area contributed by atoms with E-state index in [1.165, 1.54) is 12.1 Å². The minimum atomic E-state index is -3.62. The second-order valence-electron chi connectivity index (χ2n) is 5.97. The molecule has 0 spiro atoms. The lowest BCUT2D eigenvalue weighted by Crippen LogP contribution is -2.34. The summed E-state index contributed by atoms with van der Waals surface area (Å²) in [6.07, 6.45) is 0. The van der Waals surface area contributed by atoms with Crippen LogP contribution >= 0.6 is 23.2 Å². The summed E-state index contributed by atoms with van der Waals surface area (Å²) in [4.78, 5) is 15.4. The van der Waals surface area contributed by atoms with Crippen LogP contribution in [0.25, 0.3) is 10.9 Å². The molecule has 0 unspecified atom stereocenters. The molecular formula is C18H17Cl2N3O3S. The summed E-state index contributed by atoms with van der Waals surface area (Å²) >= 11 is 12.2. The Bertz CT molecular complexity index is 1090. The van der Waals surface area contributed by atoms with Gasteiger partial charge in [-0.1, -0.05) is 40.9 Å². The van der Waals surface area contributed by atoms with Crippen molar-refractivity contribution < 1.29 is 13.2 Å². The fourth-order valence-corrected chi connectivity index (χ4v) is 4.03. The number of carbonyl (C=O) groups is 1. The Morgan fingerprint density at radius 2 is 1.78 bits per heavy atom. The summed E-state index contributed by atoms with van der Waals surface area (Å²) in [7, 11) is -3.62. The van der Waals surface area contributed by atoms with Crippen LogP contribution in [-0.4, -0.2) is 32.4 Å². The summed E-state index contributed by atoms with van der Waals surface area (Å²) in [6.45, 7) is 2.03. The Morgan fingerprint density at radius 1 is 1.07 bits per heavy atom. The number of fused-ring (bicyclic) bond motifs is 1. The number of benzene rings is 2. The molecule has 3 rings (SSSR count). The van der Waals surface area contributed by atoms with Gasteiger partial charge in [-0.05, 0) is 37.3 Å². The maximum atomic E-state index is 12.3. The number of carbonyl (C=O) groups excluding carboxylic acids is 1. The van der Waals surface area contributed by atoms with Crippen molar-refractivity contribution in [3.05, 3.63) is 63.8 Å². The van der Waals surface area contributed by atoms with Crippen molar-refractivity contribution in [1.82, 2.24) is 15.0 Å². The number of halogens is 2. The Balaban J connectivity index is 1.60. The number of rotatable bonds is 6. The molecular weight excluding hydrogens is 409 g/mol. The largest absolute Gasteiger partial charge is 0.349 e. The van der Waals surface area contributed by atoms with E-state index in [2.05, 4.69) is 15.0 Å². The van der Waals surface area contributed by atoms with E-state index in [0.29, 0.717) is 15.9 Å². The molecule has 142 valence electrons. The molecule has 2 aromatic carbocycles. The third kappa shape index (κ3) is 4.44. The van der Waals surface area contributed by atoms with Crippen molar-refractivity contribution in [2.75, 3.05) is 13.1 Å². The normalized spacial score (nSPS) is 11.7. The number of hydrogen-bond acceptors (Lipinski definition) is 3. The van der Waals surface area contributed by atoms with Crippen LogP contribution in [0.3, 0.4) is 0 Å². The molecule has 6 nitrogen and oxygen atoms in total. The second kappa shape index (κ2) is 7.90. The average molecular weight is 426 g/mol. The van der Waals surface area contributed by atoms with Gasteiger partial charge >= 0.3 is 0 Å². The molecule has 0 radical (unpaired) electrons. The van der Waals surface area contributed by atoms with Gasteiger partial charge in [-0.15, -0.1) is 0 Å². The Labute approximate surface area is 166 Å². The first-order valence-corrected chi connectivity index (χ1v) is 10.3. The van der Waals surface area contributed by atoms with Gasteiger partial charge in [-0.3, -0.25) is 4.79 Å². The van der Waals surface area contributed by atoms with E-state index in [9.17, 15) is 13.2 Å². The number of amides is 1. The van der Waals surface area contributed by atoms with E-state index in [1.807, 2.05) is 6.92 Å². The number of sulfonamides is 1. The highest BCUT2D eigenvalue weighted by atomic mass is 35.5. The van der Waals surface area contributed by atoms with Crippen LogP contribution in [0.4, 0.5) is 0 Å². The maximum absolute atomic E-state index is 12.3. The molecule has 0 bridgehead atoms. The zero-order chi connectivity index (χ0) is 19.6. The number of aromatic nitrogens is 1. The highest BCUT2D eigenvalue weighted by Gasteiger charge is 2.17. The number of H-pyrrole nitrogens is 1. The van der Waals surface area contributed by atoms with Gasteiger partial charge in [-0.2, -0.15) is 0 Å². The van der Waals surface area contributed by atoms with Crippen LogP contribution in [0.1, 0.15) is 16.1 Å². The molecule has 3 aromatic rings. The smallest absolute Gasteiger partial charge is 0.269 e. The van der Waals surface area contributed by atoms with Crippen LogP contribution in [0.2, 0.25) is 10.0 Å². The molecule has 0 atom stereocenters. The van der Waals surface area contributed by atoms with Crippen LogP contribution in [-0.2, 0) is 10.0 Å². The van der Waals surface area contributed by atoms with Crippen LogP contribution < -0.4 is 10.0 Å². The molecule has 27 heavy (non-hydrogen) atoms. The molecule has 1 heterocycles. The summed E-state index contributed by atoms with van der Waals surface area (Å²) in [6, 6.07) is 11.6. The number of aromatic amines is 1. The molecule has 1 aromatic heterocycles. The molecule has 9 heteroatoms. The van der Waals surface area contributed by atoms with E-state index in [1.54, 1.807) is 30.3 Å². The van der Waals surface area contributed by atoms with E-state index in [4.69, 9.17) is 23.2 Å². The fourth-order valence-electron chi connectivity index (χ4n) is 2.54.